The molecule has 2 aromatic rings. The third-order valence-corrected chi connectivity index (χ3v) is 6.30. The molecule has 2 aliphatic rings. The van der Waals surface area contributed by atoms with Crippen molar-refractivity contribution in [3.8, 4) is 0 Å². The molecule has 0 N–H and O–H groups in total. The molecular weight excluding hydrogens is 318 g/mol. The van der Waals surface area contributed by atoms with E-state index in [9.17, 15) is 13.6 Å². The molecule has 4 rings (SSSR count). The van der Waals surface area contributed by atoms with Crippen molar-refractivity contribution in [3.63, 3.8) is 0 Å². The van der Waals surface area contributed by atoms with Gasteiger partial charge in [-0.3, -0.25) is 4.79 Å². The van der Waals surface area contributed by atoms with Gasteiger partial charge in [0, 0.05) is 11.5 Å². The predicted octanol–water partition coefficient (Wildman–Crippen LogP) is 6.08. The van der Waals surface area contributed by atoms with E-state index >= 15 is 0 Å². The van der Waals surface area contributed by atoms with E-state index in [1.807, 2.05) is 6.07 Å². The van der Waals surface area contributed by atoms with Gasteiger partial charge in [-0.15, -0.1) is 0 Å². The second kappa shape index (κ2) is 6.51. The largest absolute Gasteiger partial charge is 0.294 e. The fourth-order valence-corrected chi connectivity index (χ4v) is 4.94. The number of hydrogen-bond donors (Lipinski definition) is 0. The number of hydrogen-bond acceptors (Lipinski definition) is 1. The average molecular weight is 342 g/mol. The maximum absolute atomic E-state index is 13.5. The van der Waals surface area contributed by atoms with Crippen molar-refractivity contribution in [2.75, 3.05) is 0 Å². The molecule has 0 amide bonds. The van der Waals surface area contributed by atoms with Crippen LogP contribution in [0.4, 0.5) is 8.78 Å². The third kappa shape index (κ3) is 2.98. The molecule has 0 saturated heterocycles. The number of halogens is 2. The molecule has 1 fully saturated rings. The van der Waals surface area contributed by atoms with Crippen LogP contribution in [-0.2, 0) is 6.42 Å². The lowest BCUT2D eigenvalue weighted by Gasteiger charge is -2.31. The Labute approximate surface area is 147 Å². The lowest BCUT2D eigenvalue weighted by Crippen LogP contribution is -2.25. The summed E-state index contributed by atoms with van der Waals surface area (Å²) in [6.45, 7) is 2.24. The zero-order chi connectivity index (χ0) is 17.6. The summed E-state index contributed by atoms with van der Waals surface area (Å²) in [6, 6.07) is 6.08. The van der Waals surface area contributed by atoms with Crippen LogP contribution in [0.3, 0.4) is 0 Å². The summed E-state index contributed by atoms with van der Waals surface area (Å²) in [7, 11) is 0. The monoisotopic (exact) mass is 342 g/mol. The Balaban J connectivity index is 1.58. The molecule has 1 atom stereocenters. The van der Waals surface area contributed by atoms with E-state index in [0.29, 0.717) is 16.7 Å². The molecule has 2 aliphatic carbocycles. The summed E-state index contributed by atoms with van der Waals surface area (Å²) in [5, 5.41) is 1.29. The van der Waals surface area contributed by atoms with Crippen molar-refractivity contribution in [2.24, 2.45) is 17.8 Å². The predicted molar refractivity (Wildman–Crippen MR) is 95.7 cm³/mol. The van der Waals surface area contributed by atoms with Crippen molar-refractivity contribution in [1.82, 2.24) is 0 Å². The number of Topliss-reactive ketones (excluding diaryl/α,β-unsaturated/α-hetero) is 1. The van der Waals surface area contributed by atoms with Crippen molar-refractivity contribution >= 4 is 16.6 Å². The number of rotatable bonds is 3. The summed E-state index contributed by atoms with van der Waals surface area (Å²) in [6.07, 6.45) is 8.03. The van der Waals surface area contributed by atoms with Crippen LogP contribution in [0, 0.1) is 29.4 Å². The van der Waals surface area contributed by atoms with Gasteiger partial charge in [-0.05, 0) is 65.6 Å². The summed E-state index contributed by atoms with van der Waals surface area (Å²) >= 11 is 0. The number of ketones is 1. The topological polar surface area (TPSA) is 17.1 Å². The summed E-state index contributed by atoms with van der Waals surface area (Å²) in [4.78, 5) is 12.9. The summed E-state index contributed by atoms with van der Waals surface area (Å²) in [5.41, 5.74) is 1.73. The first-order valence-corrected chi connectivity index (χ1v) is 9.52. The number of carbonyl (C=O) groups is 1. The van der Waals surface area contributed by atoms with Gasteiger partial charge in [0.05, 0.1) is 0 Å². The molecule has 3 heteroatoms. The van der Waals surface area contributed by atoms with Crippen LogP contribution >= 0.6 is 0 Å². The Kier molecular flexibility index (Phi) is 4.35. The van der Waals surface area contributed by atoms with Gasteiger partial charge in [0.2, 0.25) is 0 Å². The minimum absolute atomic E-state index is 0.0593. The summed E-state index contributed by atoms with van der Waals surface area (Å²) in [5.74, 6) is -0.130. The molecule has 2 aromatic carbocycles. The summed E-state index contributed by atoms with van der Waals surface area (Å²) < 4.78 is 27.0. The highest BCUT2D eigenvalue weighted by molar-refractivity contribution is 6.05. The van der Waals surface area contributed by atoms with Gasteiger partial charge in [-0.2, -0.15) is 0 Å². The van der Waals surface area contributed by atoms with E-state index in [-0.39, 0.29) is 11.7 Å². The Hall–Kier alpha value is -1.77. The number of benzene rings is 2. The lowest BCUT2D eigenvalue weighted by molar-refractivity contribution is 0.0851. The van der Waals surface area contributed by atoms with Crippen molar-refractivity contribution in [3.05, 3.63) is 47.0 Å². The zero-order valence-electron chi connectivity index (χ0n) is 14.7. The quantitative estimate of drug-likeness (QED) is 0.660. The Morgan fingerprint density at radius 1 is 0.960 bits per heavy atom. The first kappa shape index (κ1) is 16.7. The number of fused-ring (bicyclic) bond motifs is 2. The highest BCUT2D eigenvalue weighted by atomic mass is 19.2. The van der Waals surface area contributed by atoms with Crippen LogP contribution in [0.2, 0.25) is 0 Å². The average Bonchev–Trinajstić information content (AvgIpc) is 2.91. The van der Waals surface area contributed by atoms with E-state index < -0.39 is 11.6 Å². The molecular formula is C22H24F2O. The molecule has 0 aliphatic heterocycles. The number of carbonyl (C=O) groups excluding carboxylic acids is 1. The molecule has 0 aromatic heterocycles. The van der Waals surface area contributed by atoms with Crippen LogP contribution in [0.15, 0.2) is 24.3 Å². The lowest BCUT2D eigenvalue weighted by atomic mass is 9.73. The van der Waals surface area contributed by atoms with Gasteiger partial charge in [0.1, 0.15) is 0 Å². The van der Waals surface area contributed by atoms with Crippen molar-refractivity contribution < 1.29 is 13.6 Å². The van der Waals surface area contributed by atoms with Crippen molar-refractivity contribution in [1.29, 1.82) is 0 Å². The van der Waals surface area contributed by atoms with E-state index in [1.165, 1.54) is 37.8 Å². The Morgan fingerprint density at radius 3 is 2.24 bits per heavy atom. The third-order valence-electron chi connectivity index (χ3n) is 6.30. The van der Waals surface area contributed by atoms with E-state index in [4.69, 9.17) is 0 Å². The zero-order valence-corrected chi connectivity index (χ0v) is 14.7. The Morgan fingerprint density at radius 2 is 1.60 bits per heavy atom. The first-order valence-electron chi connectivity index (χ1n) is 9.52. The minimum Gasteiger partial charge on any atom is -0.294 e. The molecule has 0 heterocycles. The fourth-order valence-electron chi connectivity index (χ4n) is 4.94. The van der Waals surface area contributed by atoms with Gasteiger partial charge in [-0.1, -0.05) is 38.7 Å². The molecule has 1 unspecified atom stereocenters. The maximum Gasteiger partial charge on any atom is 0.166 e. The van der Waals surface area contributed by atoms with Gasteiger partial charge in [0.25, 0.3) is 0 Å². The van der Waals surface area contributed by atoms with E-state index in [1.54, 1.807) is 6.07 Å². The first-order chi connectivity index (χ1) is 12.1. The second-order valence-corrected chi connectivity index (χ2v) is 7.87. The van der Waals surface area contributed by atoms with E-state index in [2.05, 4.69) is 6.92 Å². The SMILES string of the molecule is CCCC1CCC(C2Cc3cc4cc(F)c(F)cc4cc3C2=O)CC1. The molecule has 0 spiro atoms. The van der Waals surface area contributed by atoms with Crippen LogP contribution in [-0.4, -0.2) is 5.78 Å². The molecule has 25 heavy (non-hydrogen) atoms. The highest BCUT2D eigenvalue weighted by Crippen LogP contribution is 2.42. The smallest absolute Gasteiger partial charge is 0.166 e. The minimum atomic E-state index is -0.858. The molecule has 1 nitrogen and oxygen atoms in total. The molecule has 0 bridgehead atoms. The molecule has 1 saturated carbocycles. The Bertz CT molecular complexity index is 818. The second-order valence-electron chi connectivity index (χ2n) is 7.87. The van der Waals surface area contributed by atoms with Crippen LogP contribution in [0.25, 0.3) is 10.8 Å². The maximum atomic E-state index is 13.5. The van der Waals surface area contributed by atoms with Gasteiger partial charge < -0.3 is 0 Å². The fraction of sp³-hybridized carbons (Fsp3) is 0.500. The van der Waals surface area contributed by atoms with Crippen molar-refractivity contribution in [2.45, 2.75) is 51.9 Å². The standard InChI is InChI=1S/C22H24F2O/c1-2-3-13-4-6-14(7-5-13)18-10-17-8-15-11-20(23)21(24)12-16(15)9-19(17)22(18)25/h8-9,11-14,18H,2-7,10H2,1H3. The molecule has 0 radical (unpaired) electrons. The van der Waals surface area contributed by atoms with Gasteiger partial charge in [0.15, 0.2) is 17.4 Å². The molecule has 132 valence electrons. The van der Waals surface area contributed by atoms with Gasteiger partial charge in [-0.25, -0.2) is 8.78 Å². The van der Waals surface area contributed by atoms with E-state index in [0.717, 1.165) is 36.3 Å². The normalized spacial score (nSPS) is 26.2. The van der Waals surface area contributed by atoms with Crippen LogP contribution in [0.1, 0.15) is 61.4 Å². The van der Waals surface area contributed by atoms with Gasteiger partial charge >= 0.3 is 0 Å². The highest BCUT2D eigenvalue weighted by Gasteiger charge is 2.38. The van der Waals surface area contributed by atoms with Crippen LogP contribution in [0.5, 0.6) is 0 Å². The van der Waals surface area contributed by atoms with Crippen LogP contribution < -0.4 is 0 Å².